The van der Waals surface area contributed by atoms with Gasteiger partial charge in [0.1, 0.15) is 5.82 Å². The zero-order valence-electron chi connectivity index (χ0n) is 12.1. The molecule has 0 bridgehead atoms. The van der Waals surface area contributed by atoms with Crippen molar-refractivity contribution in [3.8, 4) is 0 Å². The van der Waals surface area contributed by atoms with Gasteiger partial charge in [0.05, 0.1) is 6.04 Å². The van der Waals surface area contributed by atoms with Crippen LogP contribution >= 0.6 is 12.4 Å². The predicted molar refractivity (Wildman–Crippen MR) is 82.9 cm³/mol. The first kappa shape index (κ1) is 16.2. The van der Waals surface area contributed by atoms with Crippen molar-refractivity contribution in [3.05, 3.63) is 35.6 Å². The van der Waals surface area contributed by atoms with Crippen LogP contribution in [0, 0.1) is 11.7 Å². The number of halogens is 2. The Morgan fingerprint density at radius 3 is 2.71 bits per heavy atom. The highest BCUT2D eigenvalue weighted by atomic mass is 35.5. The lowest BCUT2D eigenvalue weighted by Gasteiger charge is -2.31. The van der Waals surface area contributed by atoms with Gasteiger partial charge in [-0.15, -0.1) is 12.4 Å². The third-order valence-electron chi connectivity index (χ3n) is 4.46. The van der Waals surface area contributed by atoms with E-state index in [0.29, 0.717) is 0 Å². The number of carbonyl (C=O) groups excluding carboxylic acids is 1. The van der Waals surface area contributed by atoms with E-state index in [9.17, 15) is 9.18 Å². The van der Waals surface area contributed by atoms with Gasteiger partial charge < -0.3 is 10.2 Å². The number of nitrogens with zero attached hydrogens (tertiary/aromatic N) is 1. The van der Waals surface area contributed by atoms with Crippen molar-refractivity contribution >= 4 is 18.3 Å². The summed E-state index contributed by atoms with van der Waals surface area (Å²) in [6, 6.07) is 6.75. The molecule has 2 heterocycles. The van der Waals surface area contributed by atoms with Crippen LogP contribution in [-0.2, 0) is 4.79 Å². The summed E-state index contributed by atoms with van der Waals surface area (Å²) < 4.78 is 13.4. The molecule has 0 spiro atoms. The largest absolute Gasteiger partial charge is 0.335 e. The number of benzene rings is 1. The summed E-state index contributed by atoms with van der Waals surface area (Å²) in [6.07, 6.45) is 3.80. The van der Waals surface area contributed by atoms with Gasteiger partial charge >= 0.3 is 0 Å². The first-order valence-corrected chi connectivity index (χ1v) is 7.52. The molecule has 116 valence electrons. The zero-order valence-corrected chi connectivity index (χ0v) is 12.9. The normalized spacial score (nSPS) is 22.9. The van der Waals surface area contributed by atoms with Crippen LogP contribution in [0.1, 0.15) is 37.3 Å². The van der Waals surface area contributed by atoms with Crippen molar-refractivity contribution in [2.45, 2.75) is 31.7 Å². The van der Waals surface area contributed by atoms with Gasteiger partial charge in [0, 0.05) is 12.5 Å². The highest BCUT2D eigenvalue weighted by Gasteiger charge is 2.34. The molecule has 1 aromatic carbocycles. The van der Waals surface area contributed by atoms with Gasteiger partial charge in [-0.3, -0.25) is 4.79 Å². The minimum Gasteiger partial charge on any atom is -0.335 e. The molecule has 1 atom stereocenters. The second kappa shape index (κ2) is 7.23. The van der Waals surface area contributed by atoms with Crippen LogP contribution in [-0.4, -0.2) is 30.4 Å². The first-order valence-electron chi connectivity index (χ1n) is 7.52. The molecule has 21 heavy (non-hydrogen) atoms. The number of carbonyl (C=O) groups is 1. The molecule has 1 unspecified atom stereocenters. The van der Waals surface area contributed by atoms with Crippen LogP contribution < -0.4 is 5.32 Å². The van der Waals surface area contributed by atoms with Crippen LogP contribution in [0.5, 0.6) is 0 Å². The van der Waals surface area contributed by atoms with E-state index < -0.39 is 0 Å². The second-order valence-corrected chi connectivity index (χ2v) is 5.77. The number of nitrogens with one attached hydrogen (secondary N) is 1. The molecule has 2 aliphatic rings. The fraction of sp³-hybridized carbons (Fsp3) is 0.562. The van der Waals surface area contributed by atoms with E-state index >= 15 is 0 Å². The van der Waals surface area contributed by atoms with Gasteiger partial charge in [-0.2, -0.15) is 0 Å². The summed E-state index contributed by atoms with van der Waals surface area (Å²) in [6.45, 7) is 2.66. The smallest absolute Gasteiger partial charge is 0.226 e. The van der Waals surface area contributed by atoms with Gasteiger partial charge in [0.15, 0.2) is 0 Å². The van der Waals surface area contributed by atoms with Crippen LogP contribution in [0.4, 0.5) is 4.39 Å². The van der Waals surface area contributed by atoms with Gasteiger partial charge in [-0.25, -0.2) is 4.39 Å². The van der Waals surface area contributed by atoms with E-state index in [2.05, 4.69) is 5.32 Å². The zero-order chi connectivity index (χ0) is 13.9. The SMILES string of the molecule is Cl.O=C(C1CCNCC1)N1CCCC1c1cccc(F)c1. The number of hydrogen-bond donors (Lipinski definition) is 1. The number of amides is 1. The van der Waals surface area contributed by atoms with Gasteiger partial charge in [-0.05, 0) is 56.5 Å². The predicted octanol–water partition coefficient (Wildman–Crippen LogP) is 2.91. The molecule has 2 aliphatic heterocycles. The lowest BCUT2D eigenvalue weighted by Crippen LogP contribution is -2.40. The van der Waals surface area contributed by atoms with E-state index in [-0.39, 0.29) is 36.1 Å². The van der Waals surface area contributed by atoms with Crippen molar-refractivity contribution in [2.24, 2.45) is 5.92 Å². The monoisotopic (exact) mass is 312 g/mol. The molecule has 0 saturated carbocycles. The maximum atomic E-state index is 13.4. The van der Waals surface area contributed by atoms with Crippen molar-refractivity contribution < 1.29 is 9.18 Å². The third kappa shape index (κ3) is 3.55. The molecule has 3 rings (SSSR count). The Morgan fingerprint density at radius 1 is 1.24 bits per heavy atom. The number of rotatable bonds is 2. The van der Waals surface area contributed by atoms with E-state index in [4.69, 9.17) is 0 Å². The Morgan fingerprint density at radius 2 is 2.00 bits per heavy atom. The number of hydrogen-bond acceptors (Lipinski definition) is 2. The van der Waals surface area contributed by atoms with Crippen LogP contribution in [0.3, 0.4) is 0 Å². The number of likely N-dealkylation sites (tertiary alicyclic amines) is 1. The average Bonchev–Trinajstić information content (AvgIpc) is 2.97. The Bertz CT molecular complexity index is 491. The van der Waals surface area contributed by atoms with Crippen molar-refractivity contribution in [1.29, 1.82) is 0 Å². The van der Waals surface area contributed by atoms with E-state index in [1.165, 1.54) is 6.07 Å². The Kier molecular flexibility index (Phi) is 5.59. The molecule has 0 aromatic heterocycles. The average molecular weight is 313 g/mol. The van der Waals surface area contributed by atoms with Crippen LogP contribution in [0.2, 0.25) is 0 Å². The summed E-state index contributed by atoms with van der Waals surface area (Å²) in [5, 5.41) is 3.29. The van der Waals surface area contributed by atoms with Crippen LogP contribution in [0.25, 0.3) is 0 Å². The minimum atomic E-state index is -0.219. The molecule has 1 aromatic rings. The standard InChI is InChI=1S/C16H21FN2O.ClH/c17-14-4-1-3-13(11-14)15-5-2-10-19(15)16(20)12-6-8-18-9-7-12;/h1,3-4,11-12,15,18H,2,5-10H2;1H. The summed E-state index contributed by atoms with van der Waals surface area (Å²) in [5.74, 6) is 0.187. The molecule has 1 N–H and O–H groups in total. The Labute approximate surface area is 131 Å². The molecular weight excluding hydrogens is 291 g/mol. The van der Waals surface area contributed by atoms with Crippen molar-refractivity contribution in [2.75, 3.05) is 19.6 Å². The fourth-order valence-electron chi connectivity index (χ4n) is 3.39. The number of piperidine rings is 1. The summed E-state index contributed by atoms with van der Waals surface area (Å²) >= 11 is 0. The quantitative estimate of drug-likeness (QED) is 0.910. The molecule has 0 aliphatic carbocycles. The molecule has 3 nitrogen and oxygen atoms in total. The lowest BCUT2D eigenvalue weighted by atomic mass is 9.95. The van der Waals surface area contributed by atoms with E-state index in [1.54, 1.807) is 12.1 Å². The van der Waals surface area contributed by atoms with Crippen LogP contribution in [0.15, 0.2) is 24.3 Å². The molecule has 1 amide bonds. The van der Waals surface area contributed by atoms with Gasteiger partial charge in [-0.1, -0.05) is 12.1 Å². The van der Waals surface area contributed by atoms with Crippen molar-refractivity contribution in [1.82, 2.24) is 10.2 Å². The lowest BCUT2D eigenvalue weighted by molar-refractivity contribution is -0.137. The third-order valence-corrected chi connectivity index (χ3v) is 4.46. The highest BCUT2D eigenvalue weighted by Crippen LogP contribution is 2.34. The minimum absolute atomic E-state index is 0. The van der Waals surface area contributed by atoms with Gasteiger partial charge in [0.25, 0.3) is 0 Å². The highest BCUT2D eigenvalue weighted by molar-refractivity contribution is 5.85. The molecule has 2 saturated heterocycles. The summed E-state index contributed by atoms with van der Waals surface area (Å²) in [5.41, 5.74) is 0.935. The maximum Gasteiger partial charge on any atom is 0.226 e. The molecule has 2 fully saturated rings. The summed E-state index contributed by atoms with van der Waals surface area (Å²) in [7, 11) is 0. The molecular formula is C16H22ClFN2O. The fourth-order valence-corrected chi connectivity index (χ4v) is 3.39. The maximum absolute atomic E-state index is 13.4. The molecule has 5 heteroatoms. The van der Waals surface area contributed by atoms with Crippen molar-refractivity contribution in [3.63, 3.8) is 0 Å². The van der Waals surface area contributed by atoms with E-state index in [1.807, 2.05) is 11.0 Å². The Hall–Kier alpha value is -1.13. The second-order valence-electron chi connectivity index (χ2n) is 5.77. The topological polar surface area (TPSA) is 32.3 Å². The first-order chi connectivity index (χ1) is 9.75. The molecule has 0 radical (unpaired) electrons. The van der Waals surface area contributed by atoms with Gasteiger partial charge in [0.2, 0.25) is 5.91 Å². The summed E-state index contributed by atoms with van der Waals surface area (Å²) in [4.78, 5) is 14.7. The van der Waals surface area contributed by atoms with E-state index in [0.717, 1.165) is 50.9 Å². The Balaban J connectivity index is 0.00000161.